The Hall–Kier alpha value is -0.0800. The molecule has 0 radical (unpaired) electrons. The Balaban J connectivity index is 2.18. The molecule has 12 heavy (non-hydrogen) atoms. The van der Waals surface area contributed by atoms with Crippen LogP contribution in [0.1, 0.15) is 32.1 Å². The number of fused-ring (bicyclic) bond motifs is 2. The number of hydrogen-bond acceptors (Lipinski definition) is 1. The van der Waals surface area contributed by atoms with Gasteiger partial charge < -0.3 is 9.59 Å². The first-order chi connectivity index (χ1) is 5.60. The van der Waals surface area contributed by atoms with Gasteiger partial charge in [0, 0.05) is 12.8 Å². The largest absolute Gasteiger partial charge is 0.393 e. The fraction of sp³-hybridized carbons (Fsp3) is 1.00. The van der Waals surface area contributed by atoms with E-state index in [2.05, 4.69) is 14.1 Å². The van der Waals surface area contributed by atoms with Crippen molar-refractivity contribution in [2.75, 3.05) is 14.1 Å². The zero-order valence-corrected chi connectivity index (χ0v) is 8.16. The lowest BCUT2D eigenvalue weighted by atomic mass is 9.81. The van der Waals surface area contributed by atoms with Crippen molar-refractivity contribution in [1.82, 2.24) is 0 Å². The van der Waals surface area contributed by atoms with Crippen molar-refractivity contribution < 1.29 is 9.59 Å². The molecule has 0 aromatic carbocycles. The first-order valence-electron chi connectivity index (χ1n) is 5.12. The molecule has 0 amide bonds. The number of quaternary nitrogens is 1. The normalized spacial score (nSPS) is 45.8. The zero-order valence-electron chi connectivity index (χ0n) is 8.16. The summed E-state index contributed by atoms with van der Waals surface area (Å²) in [5.74, 6) is 0. The number of piperidine rings is 2. The predicted octanol–water partition coefficient (Wildman–Crippen LogP) is 1.14. The minimum absolute atomic E-state index is 0.00792. The smallest absolute Gasteiger partial charge is 0.0913 e. The van der Waals surface area contributed by atoms with Gasteiger partial charge in [-0.2, -0.15) is 0 Å². The van der Waals surface area contributed by atoms with Gasteiger partial charge in [-0.1, -0.05) is 0 Å². The van der Waals surface area contributed by atoms with E-state index in [1.165, 1.54) is 19.3 Å². The van der Waals surface area contributed by atoms with Gasteiger partial charge in [-0.3, -0.25) is 0 Å². The maximum atomic E-state index is 9.64. The van der Waals surface area contributed by atoms with Gasteiger partial charge >= 0.3 is 0 Å². The Morgan fingerprint density at radius 3 is 2.08 bits per heavy atom. The summed E-state index contributed by atoms with van der Waals surface area (Å²) in [7, 11) is 4.67. The minimum atomic E-state index is -0.00792. The molecule has 2 aliphatic rings. The lowest BCUT2D eigenvalue weighted by molar-refractivity contribution is -0.950. The summed E-state index contributed by atoms with van der Waals surface area (Å²) in [6.07, 6.45) is 6.07. The molecule has 2 heteroatoms. The van der Waals surface area contributed by atoms with Crippen molar-refractivity contribution in [3.63, 3.8) is 0 Å². The van der Waals surface area contributed by atoms with Crippen molar-refractivity contribution >= 4 is 0 Å². The van der Waals surface area contributed by atoms with E-state index in [0.717, 1.165) is 29.4 Å². The van der Waals surface area contributed by atoms with Crippen LogP contribution >= 0.6 is 0 Å². The van der Waals surface area contributed by atoms with Gasteiger partial charge in [0.15, 0.2) is 0 Å². The van der Waals surface area contributed by atoms with Crippen molar-refractivity contribution in [2.45, 2.75) is 50.3 Å². The van der Waals surface area contributed by atoms with E-state index in [9.17, 15) is 5.11 Å². The summed E-state index contributed by atoms with van der Waals surface area (Å²) in [5, 5.41) is 9.64. The van der Waals surface area contributed by atoms with Crippen LogP contribution in [0.25, 0.3) is 0 Å². The molecular weight excluding hydrogens is 150 g/mol. The second kappa shape index (κ2) is 2.71. The Kier molecular flexibility index (Phi) is 1.92. The zero-order chi connectivity index (χ0) is 8.77. The van der Waals surface area contributed by atoms with Crippen LogP contribution in [0.4, 0.5) is 0 Å². The molecule has 0 aromatic rings. The SMILES string of the molecule is C[N+]1(C)[C@@H]2CCC[C@H]1CC(O)C2. The number of nitrogens with zero attached hydrogens (tertiary/aromatic N) is 1. The third kappa shape index (κ3) is 1.17. The van der Waals surface area contributed by atoms with Crippen LogP contribution in [0, 0.1) is 0 Å². The maximum absolute atomic E-state index is 9.64. The molecule has 2 heterocycles. The molecule has 2 bridgehead atoms. The summed E-state index contributed by atoms with van der Waals surface area (Å²) in [4.78, 5) is 0. The molecular formula is C10H20NO+. The van der Waals surface area contributed by atoms with Gasteiger partial charge in [0.05, 0.1) is 32.3 Å². The molecule has 0 aromatic heterocycles. The third-order valence-electron chi connectivity index (χ3n) is 4.05. The lowest BCUT2D eigenvalue weighted by Crippen LogP contribution is -2.63. The van der Waals surface area contributed by atoms with Crippen LogP contribution in [-0.2, 0) is 0 Å². The predicted molar refractivity (Wildman–Crippen MR) is 48.8 cm³/mol. The lowest BCUT2D eigenvalue weighted by Gasteiger charge is -2.52. The van der Waals surface area contributed by atoms with Crippen molar-refractivity contribution in [1.29, 1.82) is 0 Å². The summed E-state index contributed by atoms with van der Waals surface area (Å²) in [6.45, 7) is 0. The van der Waals surface area contributed by atoms with Crippen molar-refractivity contribution in [3.8, 4) is 0 Å². The van der Waals surface area contributed by atoms with Crippen molar-refractivity contribution in [3.05, 3.63) is 0 Å². The highest BCUT2D eigenvalue weighted by molar-refractivity contribution is 4.82. The number of aliphatic hydroxyl groups excluding tert-OH is 1. The van der Waals surface area contributed by atoms with Crippen LogP contribution in [-0.4, -0.2) is 41.9 Å². The number of rotatable bonds is 0. The van der Waals surface area contributed by atoms with Gasteiger partial charge in [0.25, 0.3) is 0 Å². The molecule has 0 saturated carbocycles. The molecule has 2 fully saturated rings. The van der Waals surface area contributed by atoms with Crippen LogP contribution in [0.2, 0.25) is 0 Å². The maximum Gasteiger partial charge on any atom is 0.0913 e. The van der Waals surface area contributed by atoms with Crippen LogP contribution in [0.3, 0.4) is 0 Å². The average Bonchev–Trinajstić information content (AvgIpc) is 1.92. The standard InChI is InChI=1S/C10H20NO/c1-11(2)8-4-3-5-9(11)7-10(12)6-8/h8-10,12H,3-7H2,1-2H3/q+1/t8-,9+,10?. The Morgan fingerprint density at radius 1 is 1.08 bits per heavy atom. The van der Waals surface area contributed by atoms with E-state index >= 15 is 0 Å². The first-order valence-corrected chi connectivity index (χ1v) is 5.12. The molecule has 0 spiro atoms. The summed E-state index contributed by atoms with van der Waals surface area (Å²) in [5.41, 5.74) is 0. The molecule has 3 atom stereocenters. The Bertz CT molecular complexity index is 163. The summed E-state index contributed by atoms with van der Waals surface area (Å²) >= 11 is 0. The molecule has 70 valence electrons. The first kappa shape index (κ1) is 8.52. The molecule has 2 nitrogen and oxygen atoms in total. The second-order valence-electron chi connectivity index (χ2n) is 4.99. The number of aliphatic hydroxyl groups is 1. The van der Waals surface area contributed by atoms with Crippen LogP contribution in [0.15, 0.2) is 0 Å². The highest BCUT2D eigenvalue weighted by atomic mass is 16.3. The number of hydrogen-bond donors (Lipinski definition) is 1. The van der Waals surface area contributed by atoms with E-state index in [-0.39, 0.29) is 6.10 Å². The second-order valence-corrected chi connectivity index (χ2v) is 4.99. The van der Waals surface area contributed by atoms with Crippen LogP contribution in [0.5, 0.6) is 0 Å². The van der Waals surface area contributed by atoms with E-state index in [4.69, 9.17) is 0 Å². The van der Waals surface area contributed by atoms with E-state index in [0.29, 0.717) is 0 Å². The van der Waals surface area contributed by atoms with Gasteiger partial charge in [-0.25, -0.2) is 0 Å². The van der Waals surface area contributed by atoms with Gasteiger partial charge in [-0.05, 0) is 19.3 Å². The average molecular weight is 170 g/mol. The topological polar surface area (TPSA) is 20.2 Å². The van der Waals surface area contributed by atoms with Gasteiger partial charge in [-0.15, -0.1) is 0 Å². The highest BCUT2D eigenvalue weighted by Crippen LogP contribution is 2.37. The molecule has 2 saturated heterocycles. The van der Waals surface area contributed by atoms with Gasteiger partial charge in [0.2, 0.25) is 0 Å². The van der Waals surface area contributed by atoms with Crippen LogP contribution < -0.4 is 0 Å². The fourth-order valence-electron chi connectivity index (χ4n) is 3.06. The Labute approximate surface area is 74.8 Å². The van der Waals surface area contributed by atoms with E-state index in [1.807, 2.05) is 0 Å². The molecule has 0 aliphatic carbocycles. The highest BCUT2D eigenvalue weighted by Gasteiger charge is 2.45. The quantitative estimate of drug-likeness (QED) is 0.540. The molecule has 2 rings (SSSR count). The minimum Gasteiger partial charge on any atom is -0.393 e. The van der Waals surface area contributed by atoms with Gasteiger partial charge in [0.1, 0.15) is 0 Å². The van der Waals surface area contributed by atoms with Crippen molar-refractivity contribution in [2.24, 2.45) is 0 Å². The molecule has 2 aliphatic heterocycles. The third-order valence-corrected chi connectivity index (χ3v) is 4.05. The summed E-state index contributed by atoms with van der Waals surface area (Å²) in [6, 6.07) is 1.46. The molecule has 1 unspecified atom stereocenters. The van der Waals surface area contributed by atoms with E-state index < -0.39 is 0 Å². The monoisotopic (exact) mass is 170 g/mol. The summed E-state index contributed by atoms with van der Waals surface area (Å²) < 4.78 is 1.16. The molecule has 1 N–H and O–H groups in total. The Morgan fingerprint density at radius 2 is 1.58 bits per heavy atom. The fourth-order valence-corrected chi connectivity index (χ4v) is 3.06. The van der Waals surface area contributed by atoms with E-state index in [1.54, 1.807) is 0 Å².